The molecule has 0 radical (unpaired) electrons. The van der Waals surface area contributed by atoms with E-state index >= 15 is 0 Å². The van der Waals surface area contributed by atoms with Gasteiger partial charge in [-0.15, -0.1) is 0 Å². The summed E-state index contributed by atoms with van der Waals surface area (Å²) in [6.45, 7) is 5.19. The van der Waals surface area contributed by atoms with Gasteiger partial charge in [-0.3, -0.25) is 0 Å². The van der Waals surface area contributed by atoms with Crippen LogP contribution in [0.3, 0.4) is 0 Å². The van der Waals surface area contributed by atoms with Gasteiger partial charge in [0.2, 0.25) is 0 Å². The largest absolute Gasteiger partial charge is 0.494 e. The first-order valence-electron chi connectivity index (χ1n) is 7.32. The van der Waals surface area contributed by atoms with Crippen molar-refractivity contribution in [2.75, 3.05) is 20.2 Å². The van der Waals surface area contributed by atoms with Gasteiger partial charge >= 0.3 is 0 Å². The van der Waals surface area contributed by atoms with E-state index in [0.717, 1.165) is 43.2 Å². The summed E-state index contributed by atoms with van der Waals surface area (Å²) in [5.74, 6) is 1.90. The SMILES string of the molecule is Cc1occc1CN(C)CCCOc1ccc(CN)cc1. The number of hydrogen-bond acceptors (Lipinski definition) is 4. The minimum Gasteiger partial charge on any atom is -0.494 e. The van der Waals surface area contributed by atoms with E-state index in [1.807, 2.05) is 37.3 Å². The molecular weight excluding hydrogens is 264 g/mol. The lowest BCUT2D eigenvalue weighted by molar-refractivity contribution is 0.258. The Morgan fingerprint density at radius 3 is 2.57 bits per heavy atom. The topological polar surface area (TPSA) is 51.6 Å². The minimum atomic E-state index is 0.568. The molecule has 2 aromatic rings. The summed E-state index contributed by atoms with van der Waals surface area (Å²) in [6.07, 6.45) is 2.73. The highest BCUT2D eigenvalue weighted by atomic mass is 16.5. The molecule has 1 aromatic carbocycles. The quantitative estimate of drug-likeness (QED) is 0.759. The number of nitrogens with two attached hydrogens (primary N) is 1. The van der Waals surface area contributed by atoms with Crippen LogP contribution >= 0.6 is 0 Å². The van der Waals surface area contributed by atoms with Crippen LogP contribution in [-0.4, -0.2) is 25.1 Å². The molecule has 0 spiro atoms. The van der Waals surface area contributed by atoms with Gasteiger partial charge in [0.1, 0.15) is 11.5 Å². The Morgan fingerprint density at radius 1 is 1.19 bits per heavy atom. The van der Waals surface area contributed by atoms with Crippen molar-refractivity contribution >= 4 is 0 Å². The van der Waals surface area contributed by atoms with Crippen molar-refractivity contribution < 1.29 is 9.15 Å². The number of ether oxygens (including phenoxy) is 1. The molecule has 4 heteroatoms. The zero-order valence-electron chi connectivity index (χ0n) is 12.8. The molecule has 2 N–H and O–H groups in total. The first-order valence-corrected chi connectivity index (χ1v) is 7.32. The number of furan rings is 1. The molecule has 0 saturated carbocycles. The Labute approximate surface area is 126 Å². The summed E-state index contributed by atoms with van der Waals surface area (Å²) >= 11 is 0. The van der Waals surface area contributed by atoms with Crippen LogP contribution in [-0.2, 0) is 13.1 Å². The molecule has 21 heavy (non-hydrogen) atoms. The normalized spacial score (nSPS) is 11.0. The van der Waals surface area contributed by atoms with E-state index in [1.54, 1.807) is 6.26 Å². The van der Waals surface area contributed by atoms with Gasteiger partial charge in [0.15, 0.2) is 0 Å². The van der Waals surface area contributed by atoms with Crippen molar-refractivity contribution in [3.05, 3.63) is 53.5 Å². The third-order valence-electron chi connectivity index (χ3n) is 3.52. The van der Waals surface area contributed by atoms with Crippen LogP contribution < -0.4 is 10.5 Å². The van der Waals surface area contributed by atoms with Gasteiger partial charge in [-0.25, -0.2) is 0 Å². The Bertz CT molecular complexity index is 534. The van der Waals surface area contributed by atoms with Gasteiger partial charge in [0.25, 0.3) is 0 Å². The molecular formula is C17H24N2O2. The molecule has 0 aliphatic rings. The number of nitrogens with zero attached hydrogens (tertiary/aromatic N) is 1. The van der Waals surface area contributed by atoms with E-state index in [9.17, 15) is 0 Å². The highest BCUT2D eigenvalue weighted by molar-refractivity contribution is 5.27. The highest BCUT2D eigenvalue weighted by Gasteiger charge is 2.05. The molecule has 0 saturated heterocycles. The first-order chi connectivity index (χ1) is 10.2. The van der Waals surface area contributed by atoms with Crippen LogP contribution in [0.25, 0.3) is 0 Å². The summed E-state index contributed by atoms with van der Waals surface area (Å²) < 4.78 is 11.0. The summed E-state index contributed by atoms with van der Waals surface area (Å²) in [6, 6.07) is 9.98. The van der Waals surface area contributed by atoms with E-state index in [1.165, 1.54) is 5.56 Å². The fourth-order valence-corrected chi connectivity index (χ4v) is 2.19. The lowest BCUT2D eigenvalue weighted by atomic mass is 10.2. The smallest absolute Gasteiger partial charge is 0.119 e. The van der Waals surface area contributed by atoms with Crippen LogP contribution in [0.5, 0.6) is 5.75 Å². The Morgan fingerprint density at radius 2 is 1.95 bits per heavy atom. The van der Waals surface area contributed by atoms with E-state index in [0.29, 0.717) is 6.54 Å². The third kappa shape index (κ3) is 4.92. The van der Waals surface area contributed by atoms with E-state index in [2.05, 4.69) is 11.9 Å². The molecule has 0 aliphatic heterocycles. The summed E-state index contributed by atoms with van der Waals surface area (Å²) in [4.78, 5) is 2.28. The second-order valence-electron chi connectivity index (χ2n) is 5.29. The summed E-state index contributed by atoms with van der Waals surface area (Å²) in [5, 5.41) is 0. The lowest BCUT2D eigenvalue weighted by Crippen LogP contribution is -2.20. The van der Waals surface area contributed by atoms with Crippen molar-refractivity contribution in [1.29, 1.82) is 0 Å². The predicted molar refractivity (Wildman–Crippen MR) is 84.2 cm³/mol. The van der Waals surface area contributed by atoms with Crippen LogP contribution in [0, 0.1) is 6.92 Å². The maximum atomic E-state index is 5.73. The molecule has 0 aliphatic carbocycles. The van der Waals surface area contributed by atoms with E-state index < -0.39 is 0 Å². The monoisotopic (exact) mass is 288 g/mol. The Hall–Kier alpha value is -1.78. The molecule has 1 aromatic heterocycles. The standard InChI is InChI=1S/C17H24N2O2/c1-14-16(8-11-20-14)13-19(2)9-3-10-21-17-6-4-15(12-18)5-7-17/h4-8,11H,3,9-10,12-13,18H2,1-2H3. The van der Waals surface area contributed by atoms with Crippen LogP contribution in [0.2, 0.25) is 0 Å². The fraction of sp³-hybridized carbons (Fsp3) is 0.412. The van der Waals surface area contributed by atoms with Crippen molar-refractivity contribution in [2.24, 2.45) is 5.73 Å². The molecule has 0 bridgehead atoms. The average Bonchev–Trinajstić information content (AvgIpc) is 2.89. The number of hydrogen-bond donors (Lipinski definition) is 1. The van der Waals surface area contributed by atoms with Crippen molar-refractivity contribution in [1.82, 2.24) is 4.90 Å². The zero-order valence-corrected chi connectivity index (χ0v) is 12.8. The molecule has 1 heterocycles. The molecule has 114 valence electrons. The fourth-order valence-electron chi connectivity index (χ4n) is 2.19. The van der Waals surface area contributed by atoms with Crippen LogP contribution in [0.15, 0.2) is 41.0 Å². The van der Waals surface area contributed by atoms with Crippen molar-refractivity contribution in [2.45, 2.75) is 26.4 Å². The Kier molecular flexibility index (Phi) is 5.84. The van der Waals surface area contributed by atoms with E-state index in [-0.39, 0.29) is 0 Å². The van der Waals surface area contributed by atoms with Gasteiger partial charge in [0.05, 0.1) is 12.9 Å². The van der Waals surface area contributed by atoms with Crippen molar-refractivity contribution in [3.63, 3.8) is 0 Å². The van der Waals surface area contributed by atoms with Gasteiger partial charge in [-0.2, -0.15) is 0 Å². The van der Waals surface area contributed by atoms with Gasteiger partial charge in [-0.05, 0) is 44.2 Å². The highest BCUT2D eigenvalue weighted by Crippen LogP contribution is 2.13. The number of benzene rings is 1. The van der Waals surface area contributed by atoms with E-state index in [4.69, 9.17) is 14.9 Å². The maximum Gasteiger partial charge on any atom is 0.119 e. The van der Waals surface area contributed by atoms with Gasteiger partial charge in [0, 0.05) is 25.2 Å². The molecule has 0 unspecified atom stereocenters. The molecule has 0 amide bonds. The second-order valence-corrected chi connectivity index (χ2v) is 5.29. The summed E-state index contributed by atoms with van der Waals surface area (Å²) in [5.41, 5.74) is 7.94. The Balaban J connectivity index is 1.65. The van der Waals surface area contributed by atoms with Crippen molar-refractivity contribution in [3.8, 4) is 5.75 Å². The third-order valence-corrected chi connectivity index (χ3v) is 3.52. The van der Waals surface area contributed by atoms with Gasteiger partial charge in [-0.1, -0.05) is 12.1 Å². The molecule has 0 atom stereocenters. The zero-order chi connectivity index (χ0) is 15.1. The molecule has 0 fully saturated rings. The average molecular weight is 288 g/mol. The number of rotatable bonds is 8. The van der Waals surface area contributed by atoms with Crippen LogP contribution in [0.4, 0.5) is 0 Å². The van der Waals surface area contributed by atoms with Crippen LogP contribution in [0.1, 0.15) is 23.3 Å². The minimum absolute atomic E-state index is 0.568. The maximum absolute atomic E-state index is 5.73. The van der Waals surface area contributed by atoms with Gasteiger partial charge < -0.3 is 19.8 Å². The molecule has 2 rings (SSSR count). The first kappa shape index (κ1) is 15.6. The second kappa shape index (κ2) is 7.86. The summed E-state index contributed by atoms with van der Waals surface area (Å²) in [7, 11) is 2.11. The number of aryl methyl sites for hydroxylation is 1. The predicted octanol–water partition coefficient (Wildman–Crippen LogP) is 2.95. The molecule has 4 nitrogen and oxygen atoms in total. The lowest BCUT2D eigenvalue weighted by Gasteiger charge is -2.16.